The van der Waals surface area contributed by atoms with Gasteiger partial charge in [0, 0.05) is 12.0 Å². The van der Waals surface area contributed by atoms with E-state index in [0.29, 0.717) is 12.7 Å². The van der Waals surface area contributed by atoms with Crippen molar-refractivity contribution in [1.82, 2.24) is 0 Å². The third-order valence-electron chi connectivity index (χ3n) is 4.31. The largest absolute Gasteiger partial charge is 0.468 e. The molecule has 4 rings (SSSR count). The minimum absolute atomic E-state index is 0.249. The van der Waals surface area contributed by atoms with Gasteiger partial charge in [-0.25, -0.2) is 0 Å². The monoisotopic (exact) mass is 350 g/mol. The van der Waals surface area contributed by atoms with Gasteiger partial charge in [-0.1, -0.05) is 36.1 Å². The fourth-order valence-corrected chi connectivity index (χ4v) is 2.58. The summed E-state index contributed by atoms with van der Waals surface area (Å²) in [5, 5.41) is 0. The number of epoxide rings is 2. The van der Waals surface area contributed by atoms with E-state index >= 15 is 0 Å². The summed E-state index contributed by atoms with van der Waals surface area (Å²) in [5.74, 6) is 7.22. The first kappa shape index (κ1) is 17.1. The molecule has 2 aliphatic heterocycles. The molecule has 4 heteroatoms. The summed E-state index contributed by atoms with van der Waals surface area (Å²) < 4.78 is 21.2. The first-order valence-corrected chi connectivity index (χ1v) is 9.00. The van der Waals surface area contributed by atoms with Crippen molar-refractivity contribution in [2.45, 2.75) is 25.0 Å². The van der Waals surface area contributed by atoms with E-state index in [0.717, 1.165) is 48.5 Å². The smallest absolute Gasteiger partial charge is 0.189 e. The lowest BCUT2D eigenvalue weighted by Gasteiger charge is -2.07. The minimum Gasteiger partial charge on any atom is -0.468 e. The molecule has 2 aliphatic rings. The van der Waals surface area contributed by atoms with Gasteiger partial charge >= 0.3 is 0 Å². The highest BCUT2D eigenvalue weighted by Crippen LogP contribution is 2.23. The summed E-state index contributed by atoms with van der Waals surface area (Å²) in [6.07, 6.45) is 2.66. The summed E-state index contributed by atoms with van der Waals surface area (Å²) in [7, 11) is 0. The van der Waals surface area contributed by atoms with E-state index in [-0.39, 0.29) is 12.9 Å². The average molecular weight is 350 g/mol. The molecule has 0 amide bonds. The Morgan fingerprint density at radius 3 is 2.19 bits per heavy atom. The van der Waals surface area contributed by atoms with Gasteiger partial charge in [-0.2, -0.15) is 0 Å². The van der Waals surface area contributed by atoms with Crippen molar-refractivity contribution in [2.75, 3.05) is 26.6 Å². The van der Waals surface area contributed by atoms with Crippen molar-refractivity contribution < 1.29 is 18.9 Å². The molecule has 0 aromatic heterocycles. The Labute approximate surface area is 154 Å². The minimum atomic E-state index is 0.249. The first-order chi connectivity index (χ1) is 12.9. The Morgan fingerprint density at radius 1 is 0.885 bits per heavy atom. The van der Waals surface area contributed by atoms with Crippen LogP contribution in [0.25, 0.3) is 11.1 Å². The predicted octanol–water partition coefficient (Wildman–Crippen LogP) is 3.64. The van der Waals surface area contributed by atoms with Crippen LogP contribution < -0.4 is 4.74 Å². The van der Waals surface area contributed by atoms with Crippen LogP contribution in [0.5, 0.6) is 5.75 Å². The zero-order valence-electron chi connectivity index (χ0n) is 14.6. The second-order valence-electron chi connectivity index (χ2n) is 6.49. The fourth-order valence-electron chi connectivity index (χ4n) is 2.58. The number of ether oxygens (including phenoxy) is 4. The summed E-state index contributed by atoms with van der Waals surface area (Å²) >= 11 is 0. The molecule has 0 aliphatic carbocycles. The van der Waals surface area contributed by atoms with Gasteiger partial charge in [0.1, 0.15) is 11.9 Å². The van der Waals surface area contributed by atoms with Crippen molar-refractivity contribution in [3.63, 3.8) is 0 Å². The summed E-state index contributed by atoms with van der Waals surface area (Å²) in [6, 6.07) is 16.3. The van der Waals surface area contributed by atoms with Crippen LogP contribution in [0.2, 0.25) is 0 Å². The van der Waals surface area contributed by atoms with Crippen LogP contribution in [0.15, 0.2) is 48.5 Å². The van der Waals surface area contributed by atoms with Gasteiger partial charge in [0.2, 0.25) is 0 Å². The molecule has 2 aromatic carbocycles. The van der Waals surface area contributed by atoms with Crippen LogP contribution in [0.1, 0.15) is 18.4 Å². The zero-order chi connectivity index (χ0) is 17.6. The van der Waals surface area contributed by atoms with Crippen molar-refractivity contribution >= 4 is 0 Å². The molecule has 2 saturated heterocycles. The third-order valence-corrected chi connectivity index (χ3v) is 4.31. The highest BCUT2D eigenvalue weighted by molar-refractivity contribution is 5.65. The Bertz CT molecular complexity index is 763. The van der Waals surface area contributed by atoms with Gasteiger partial charge in [-0.15, -0.1) is 0 Å². The Morgan fingerprint density at radius 2 is 1.54 bits per heavy atom. The second kappa shape index (κ2) is 8.37. The van der Waals surface area contributed by atoms with Crippen LogP contribution >= 0.6 is 0 Å². The molecule has 2 unspecified atom stereocenters. The summed E-state index contributed by atoms with van der Waals surface area (Å²) in [6.45, 7) is 2.55. The SMILES string of the molecule is C(#Cc1ccc(-c2ccc(OCOCC3CO3)cc2)cc1)CCC1CO1. The first-order valence-electron chi connectivity index (χ1n) is 9.00. The van der Waals surface area contributed by atoms with Crippen LogP contribution in [-0.2, 0) is 14.2 Å². The molecule has 26 heavy (non-hydrogen) atoms. The van der Waals surface area contributed by atoms with Crippen LogP contribution in [-0.4, -0.2) is 38.8 Å². The topological polar surface area (TPSA) is 43.5 Å². The molecule has 0 radical (unpaired) electrons. The van der Waals surface area contributed by atoms with Crippen LogP contribution in [0.4, 0.5) is 0 Å². The Balaban J connectivity index is 1.27. The third kappa shape index (κ3) is 5.34. The van der Waals surface area contributed by atoms with Crippen molar-refractivity contribution in [3.05, 3.63) is 54.1 Å². The molecule has 2 heterocycles. The number of hydrogen-bond donors (Lipinski definition) is 0. The molecule has 4 nitrogen and oxygen atoms in total. The normalized spacial score (nSPS) is 20.2. The maximum Gasteiger partial charge on any atom is 0.189 e. The molecule has 0 N–H and O–H groups in total. The molecular weight excluding hydrogens is 328 g/mol. The molecule has 134 valence electrons. The highest BCUT2D eigenvalue weighted by atomic mass is 16.7. The average Bonchev–Trinajstić information content (AvgIpc) is 3.59. The molecule has 0 bridgehead atoms. The number of hydrogen-bond acceptors (Lipinski definition) is 4. The van der Waals surface area contributed by atoms with Gasteiger partial charge in [-0.05, 0) is 41.8 Å². The Kier molecular flexibility index (Phi) is 5.51. The van der Waals surface area contributed by atoms with Crippen molar-refractivity contribution in [2.24, 2.45) is 0 Å². The predicted molar refractivity (Wildman–Crippen MR) is 98.9 cm³/mol. The second-order valence-corrected chi connectivity index (χ2v) is 6.49. The van der Waals surface area contributed by atoms with E-state index in [4.69, 9.17) is 18.9 Å². The molecule has 2 atom stereocenters. The maximum absolute atomic E-state index is 5.57. The fraction of sp³-hybridized carbons (Fsp3) is 0.364. The van der Waals surface area contributed by atoms with Crippen molar-refractivity contribution in [3.8, 4) is 28.7 Å². The van der Waals surface area contributed by atoms with E-state index in [1.54, 1.807) is 0 Å². The van der Waals surface area contributed by atoms with Gasteiger partial charge in [0.15, 0.2) is 6.79 Å². The van der Waals surface area contributed by atoms with Gasteiger partial charge in [0.25, 0.3) is 0 Å². The van der Waals surface area contributed by atoms with Gasteiger partial charge in [-0.3, -0.25) is 0 Å². The van der Waals surface area contributed by atoms with Crippen LogP contribution in [0.3, 0.4) is 0 Å². The Hall–Kier alpha value is -2.32. The lowest BCUT2D eigenvalue weighted by Crippen LogP contribution is -2.07. The molecule has 2 fully saturated rings. The quantitative estimate of drug-likeness (QED) is 0.316. The van der Waals surface area contributed by atoms with E-state index in [1.165, 1.54) is 0 Å². The van der Waals surface area contributed by atoms with E-state index < -0.39 is 0 Å². The molecule has 0 saturated carbocycles. The van der Waals surface area contributed by atoms with Gasteiger partial charge in [0.05, 0.1) is 25.9 Å². The standard InChI is InChI=1S/C22H22O4/c1(2-4-21-14-24-21)3-17-5-7-18(8-6-17)19-9-11-20(12-10-19)26-16-23-13-22-15-25-22/h5-12,21-22H,2,4,13-16H2. The lowest BCUT2D eigenvalue weighted by molar-refractivity contribution is 0.00822. The lowest BCUT2D eigenvalue weighted by atomic mass is 10.0. The van der Waals surface area contributed by atoms with Crippen molar-refractivity contribution in [1.29, 1.82) is 0 Å². The number of rotatable bonds is 8. The van der Waals surface area contributed by atoms with E-state index in [1.807, 2.05) is 12.1 Å². The number of benzene rings is 2. The molecule has 0 spiro atoms. The van der Waals surface area contributed by atoms with E-state index in [2.05, 4.69) is 48.2 Å². The zero-order valence-corrected chi connectivity index (χ0v) is 14.6. The molecule has 2 aromatic rings. The summed E-state index contributed by atoms with van der Waals surface area (Å²) in [5.41, 5.74) is 3.35. The molecular formula is C22H22O4. The van der Waals surface area contributed by atoms with Crippen LogP contribution in [0, 0.1) is 11.8 Å². The van der Waals surface area contributed by atoms with E-state index in [9.17, 15) is 0 Å². The maximum atomic E-state index is 5.57. The van der Waals surface area contributed by atoms with Gasteiger partial charge < -0.3 is 18.9 Å². The summed E-state index contributed by atoms with van der Waals surface area (Å²) in [4.78, 5) is 0. The highest BCUT2D eigenvalue weighted by Gasteiger charge is 2.22.